The first-order valence-corrected chi connectivity index (χ1v) is 4.55. The minimum atomic E-state index is -1.70. The first kappa shape index (κ1) is 10.6. The lowest BCUT2D eigenvalue weighted by Gasteiger charge is -2.12. The number of rotatable bonds is 0. The van der Waals surface area contributed by atoms with Crippen LogP contribution < -0.4 is 0 Å². The SMILES string of the molecule is Clc1ncnc(Cl)c1C(Cl)(Cl)Cl. The summed E-state index contributed by atoms with van der Waals surface area (Å²) in [5, 5.41) is 0.0741. The van der Waals surface area contributed by atoms with Crippen LogP contribution in [0.2, 0.25) is 10.3 Å². The molecule has 0 fully saturated rings. The third-order valence-corrected chi connectivity index (χ3v) is 2.18. The fourth-order valence-corrected chi connectivity index (χ4v) is 2.00. The second-order valence-electron chi connectivity index (χ2n) is 1.83. The van der Waals surface area contributed by atoms with Crippen molar-refractivity contribution in [2.24, 2.45) is 0 Å². The van der Waals surface area contributed by atoms with E-state index < -0.39 is 3.79 Å². The second kappa shape index (κ2) is 3.72. The highest BCUT2D eigenvalue weighted by molar-refractivity contribution is 6.67. The quantitative estimate of drug-likeness (QED) is 0.529. The van der Waals surface area contributed by atoms with Crippen LogP contribution >= 0.6 is 58.0 Å². The van der Waals surface area contributed by atoms with Gasteiger partial charge >= 0.3 is 0 Å². The minimum Gasteiger partial charge on any atom is -0.224 e. The Bertz CT molecular complexity index is 274. The van der Waals surface area contributed by atoms with E-state index in [2.05, 4.69) is 9.97 Å². The van der Waals surface area contributed by atoms with Gasteiger partial charge in [-0.25, -0.2) is 9.97 Å². The predicted molar refractivity (Wildman–Crippen MR) is 51.3 cm³/mol. The maximum Gasteiger partial charge on any atom is 0.221 e. The van der Waals surface area contributed by atoms with Gasteiger partial charge in [-0.15, -0.1) is 0 Å². The molecule has 1 rings (SSSR count). The zero-order valence-electron chi connectivity index (χ0n) is 5.36. The highest BCUT2D eigenvalue weighted by atomic mass is 35.6. The lowest BCUT2D eigenvalue weighted by molar-refractivity contribution is 1.08. The fourth-order valence-electron chi connectivity index (χ4n) is 0.578. The molecule has 7 heteroatoms. The molecule has 0 N–H and O–H groups in total. The van der Waals surface area contributed by atoms with Crippen molar-refractivity contribution in [3.63, 3.8) is 0 Å². The van der Waals surface area contributed by atoms with Crippen molar-refractivity contribution in [3.8, 4) is 0 Å². The zero-order chi connectivity index (χ0) is 9.35. The summed E-state index contributed by atoms with van der Waals surface area (Å²) >= 11 is 27.9. The van der Waals surface area contributed by atoms with Gasteiger partial charge in [0.25, 0.3) is 0 Å². The molecule has 0 aliphatic rings. The molecule has 0 amide bonds. The van der Waals surface area contributed by atoms with Gasteiger partial charge in [0.15, 0.2) is 0 Å². The first-order valence-electron chi connectivity index (χ1n) is 2.66. The number of hydrogen-bond acceptors (Lipinski definition) is 2. The topological polar surface area (TPSA) is 25.8 Å². The van der Waals surface area contributed by atoms with Crippen molar-refractivity contribution in [3.05, 3.63) is 22.2 Å². The van der Waals surface area contributed by atoms with Crippen molar-refractivity contribution >= 4 is 58.0 Å². The summed E-state index contributed by atoms with van der Waals surface area (Å²) in [6.45, 7) is 0. The van der Waals surface area contributed by atoms with Gasteiger partial charge in [-0.05, 0) is 0 Å². The van der Waals surface area contributed by atoms with Crippen molar-refractivity contribution in [2.75, 3.05) is 0 Å². The minimum absolute atomic E-state index is 0.0370. The molecule has 0 unspecified atom stereocenters. The summed E-state index contributed by atoms with van der Waals surface area (Å²) in [5.74, 6) is 0. The number of nitrogens with zero attached hydrogens (tertiary/aromatic N) is 2. The van der Waals surface area contributed by atoms with Crippen LogP contribution in [0.4, 0.5) is 0 Å². The largest absolute Gasteiger partial charge is 0.224 e. The Morgan fingerprint density at radius 3 is 1.67 bits per heavy atom. The third kappa shape index (κ3) is 2.27. The molecule has 12 heavy (non-hydrogen) atoms. The third-order valence-electron chi connectivity index (χ3n) is 1.04. The molecule has 1 aromatic rings. The fraction of sp³-hybridized carbons (Fsp3) is 0.200. The summed E-state index contributed by atoms with van der Waals surface area (Å²) in [6.07, 6.45) is 1.19. The molecule has 0 saturated heterocycles. The molecule has 0 spiro atoms. The van der Waals surface area contributed by atoms with E-state index >= 15 is 0 Å². The zero-order valence-corrected chi connectivity index (χ0v) is 9.14. The molecule has 0 bridgehead atoms. The van der Waals surface area contributed by atoms with Gasteiger partial charge in [-0.3, -0.25) is 0 Å². The highest BCUT2D eigenvalue weighted by Crippen LogP contribution is 2.43. The van der Waals surface area contributed by atoms with E-state index in [1.165, 1.54) is 6.33 Å². The van der Waals surface area contributed by atoms with Crippen molar-refractivity contribution < 1.29 is 0 Å². The maximum absolute atomic E-state index is 5.63. The molecule has 2 nitrogen and oxygen atoms in total. The van der Waals surface area contributed by atoms with Gasteiger partial charge in [0.1, 0.15) is 16.6 Å². The lowest BCUT2D eigenvalue weighted by atomic mass is 10.4. The van der Waals surface area contributed by atoms with Crippen LogP contribution in [-0.4, -0.2) is 9.97 Å². The average molecular weight is 266 g/mol. The lowest BCUT2D eigenvalue weighted by Crippen LogP contribution is -2.04. The van der Waals surface area contributed by atoms with Crippen LogP contribution in [0.5, 0.6) is 0 Å². The monoisotopic (exact) mass is 264 g/mol. The van der Waals surface area contributed by atoms with Gasteiger partial charge in [0.2, 0.25) is 3.79 Å². The summed E-state index contributed by atoms with van der Waals surface area (Å²) in [5.41, 5.74) is 0.0957. The molecule has 0 saturated carbocycles. The van der Waals surface area contributed by atoms with Crippen LogP contribution in [0.1, 0.15) is 5.56 Å². The molecule has 0 atom stereocenters. The number of hydrogen-bond donors (Lipinski definition) is 0. The van der Waals surface area contributed by atoms with Crippen LogP contribution in [-0.2, 0) is 3.79 Å². The van der Waals surface area contributed by atoms with E-state index in [1.807, 2.05) is 0 Å². The molecule has 66 valence electrons. The van der Waals surface area contributed by atoms with Gasteiger partial charge < -0.3 is 0 Å². The molecule has 1 heterocycles. The highest BCUT2D eigenvalue weighted by Gasteiger charge is 2.30. The molecular formula is C5HCl5N2. The maximum atomic E-state index is 5.63. The number of aromatic nitrogens is 2. The Hall–Kier alpha value is 0.530. The Morgan fingerprint density at radius 2 is 1.42 bits per heavy atom. The Labute approximate surface area is 93.8 Å². The van der Waals surface area contributed by atoms with E-state index in [-0.39, 0.29) is 15.9 Å². The van der Waals surface area contributed by atoms with Crippen LogP contribution in [0.25, 0.3) is 0 Å². The van der Waals surface area contributed by atoms with Gasteiger partial charge in [-0.1, -0.05) is 58.0 Å². The predicted octanol–water partition coefficient (Wildman–Crippen LogP) is 3.61. The smallest absolute Gasteiger partial charge is 0.221 e. The van der Waals surface area contributed by atoms with Crippen LogP contribution in [0.3, 0.4) is 0 Å². The number of halogens is 5. The first-order chi connectivity index (χ1) is 5.43. The molecular weight excluding hydrogens is 265 g/mol. The molecule has 1 aromatic heterocycles. The van der Waals surface area contributed by atoms with Crippen LogP contribution in [0.15, 0.2) is 6.33 Å². The summed E-state index contributed by atoms with van der Waals surface area (Å²) < 4.78 is -1.70. The van der Waals surface area contributed by atoms with E-state index in [0.29, 0.717) is 0 Å². The summed E-state index contributed by atoms with van der Waals surface area (Å²) in [4.78, 5) is 7.25. The second-order valence-corrected chi connectivity index (χ2v) is 4.83. The Balaban J connectivity index is 3.31. The number of alkyl halides is 3. The van der Waals surface area contributed by atoms with Crippen molar-refractivity contribution in [1.82, 2.24) is 9.97 Å². The van der Waals surface area contributed by atoms with E-state index in [1.54, 1.807) is 0 Å². The van der Waals surface area contributed by atoms with E-state index in [4.69, 9.17) is 58.0 Å². The Kier molecular flexibility index (Phi) is 3.29. The normalized spacial score (nSPS) is 11.8. The average Bonchev–Trinajstić information content (AvgIpc) is 1.82. The van der Waals surface area contributed by atoms with Gasteiger partial charge in [-0.2, -0.15) is 0 Å². The van der Waals surface area contributed by atoms with Crippen LogP contribution in [0, 0.1) is 0 Å². The summed E-state index contributed by atoms with van der Waals surface area (Å²) in [7, 11) is 0. The van der Waals surface area contributed by atoms with E-state index in [0.717, 1.165) is 0 Å². The summed E-state index contributed by atoms with van der Waals surface area (Å²) in [6, 6.07) is 0. The van der Waals surface area contributed by atoms with Gasteiger partial charge in [0, 0.05) is 0 Å². The Morgan fingerprint density at radius 1 is 1.00 bits per heavy atom. The van der Waals surface area contributed by atoms with Gasteiger partial charge in [0.05, 0.1) is 5.56 Å². The molecule has 0 aliphatic carbocycles. The molecule has 0 aromatic carbocycles. The molecule has 0 aliphatic heterocycles. The van der Waals surface area contributed by atoms with E-state index in [9.17, 15) is 0 Å². The van der Waals surface area contributed by atoms with Crippen molar-refractivity contribution in [2.45, 2.75) is 3.79 Å². The molecule has 0 radical (unpaired) electrons. The van der Waals surface area contributed by atoms with Crippen molar-refractivity contribution in [1.29, 1.82) is 0 Å². The standard InChI is InChI=1S/C5HCl5N2/c6-3-2(5(8,9)10)4(7)12-1-11-3/h1H.